The highest BCUT2D eigenvalue weighted by Crippen LogP contribution is 2.27. The van der Waals surface area contributed by atoms with Gasteiger partial charge < -0.3 is 10.6 Å². The van der Waals surface area contributed by atoms with Gasteiger partial charge in [-0.25, -0.2) is 4.68 Å². The zero-order chi connectivity index (χ0) is 18.9. The van der Waals surface area contributed by atoms with Crippen LogP contribution in [-0.4, -0.2) is 33.8 Å². The van der Waals surface area contributed by atoms with E-state index in [1.54, 1.807) is 6.20 Å². The zero-order valence-electron chi connectivity index (χ0n) is 16.1. The molecule has 2 aliphatic heterocycles. The van der Waals surface area contributed by atoms with E-state index in [9.17, 15) is 4.79 Å². The first-order valence-corrected chi connectivity index (χ1v) is 10.0. The Bertz CT molecular complexity index is 975. The van der Waals surface area contributed by atoms with Crippen LogP contribution in [0.1, 0.15) is 36.0 Å². The molecular formula is C23H25ClN4O. The summed E-state index contributed by atoms with van der Waals surface area (Å²) in [5.74, 6) is 0.00145. The van der Waals surface area contributed by atoms with Crippen molar-refractivity contribution in [1.29, 1.82) is 0 Å². The van der Waals surface area contributed by atoms with Crippen molar-refractivity contribution in [2.24, 2.45) is 0 Å². The number of fused-ring (bicyclic) bond motifs is 2. The average Bonchev–Trinajstić information content (AvgIpc) is 3.35. The molecule has 150 valence electrons. The molecule has 1 aromatic heterocycles. The fraction of sp³-hybridized carbons (Fsp3) is 0.304. The van der Waals surface area contributed by atoms with Crippen LogP contribution in [0.15, 0.2) is 66.9 Å². The molecule has 2 aliphatic rings. The maximum atomic E-state index is 12.9. The van der Waals surface area contributed by atoms with E-state index >= 15 is 0 Å². The van der Waals surface area contributed by atoms with E-state index in [0.717, 1.165) is 29.8 Å². The fourth-order valence-corrected chi connectivity index (χ4v) is 4.56. The second-order valence-electron chi connectivity index (χ2n) is 7.82. The van der Waals surface area contributed by atoms with Crippen molar-refractivity contribution in [2.75, 3.05) is 0 Å². The molecule has 29 heavy (non-hydrogen) atoms. The Kier molecular flexibility index (Phi) is 5.69. The van der Waals surface area contributed by atoms with Crippen LogP contribution in [0, 0.1) is 0 Å². The highest BCUT2D eigenvalue weighted by atomic mass is 35.5. The number of amides is 1. The molecule has 6 heteroatoms. The molecule has 2 saturated heterocycles. The molecule has 0 radical (unpaired) electrons. The van der Waals surface area contributed by atoms with E-state index in [1.807, 2.05) is 53.2 Å². The van der Waals surface area contributed by atoms with E-state index < -0.39 is 0 Å². The van der Waals surface area contributed by atoms with E-state index in [4.69, 9.17) is 0 Å². The Labute approximate surface area is 176 Å². The highest BCUT2D eigenvalue weighted by Gasteiger charge is 2.34. The molecule has 5 nitrogen and oxygen atoms in total. The van der Waals surface area contributed by atoms with Crippen molar-refractivity contribution < 1.29 is 4.79 Å². The Hall–Kier alpha value is -2.63. The Morgan fingerprint density at radius 3 is 2.52 bits per heavy atom. The van der Waals surface area contributed by atoms with Gasteiger partial charge in [0.1, 0.15) is 0 Å². The van der Waals surface area contributed by atoms with Crippen LogP contribution >= 0.6 is 12.4 Å². The molecule has 2 aromatic carbocycles. The Morgan fingerprint density at radius 2 is 1.76 bits per heavy atom. The zero-order valence-corrected chi connectivity index (χ0v) is 16.9. The van der Waals surface area contributed by atoms with E-state index in [1.165, 1.54) is 12.8 Å². The van der Waals surface area contributed by atoms with Crippen LogP contribution in [0.3, 0.4) is 0 Å². The summed E-state index contributed by atoms with van der Waals surface area (Å²) in [7, 11) is 0. The van der Waals surface area contributed by atoms with E-state index in [2.05, 4.69) is 27.9 Å². The molecule has 3 aromatic rings. The van der Waals surface area contributed by atoms with Crippen LogP contribution in [0.2, 0.25) is 0 Å². The van der Waals surface area contributed by atoms with Crippen LogP contribution in [0.5, 0.6) is 0 Å². The summed E-state index contributed by atoms with van der Waals surface area (Å²) in [6, 6.07) is 21.3. The first-order valence-electron chi connectivity index (χ1n) is 10.0. The van der Waals surface area contributed by atoms with Crippen molar-refractivity contribution >= 4 is 18.3 Å². The lowest BCUT2D eigenvalue weighted by Crippen LogP contribution is -2.48. The van der Waals surface area contributed by atoms with Gasteiger partial charge in [-0.05, 0) is 49.9 Å². The predicted molar refractivity (Wildman–Crippen MR) is 117 cm³/mol. The molecule has 1 amide bonds. The van der Waals surface area contributed by atoms with Gasteiger partial charge >= 0.3 is 0 Å². The fourth-order valence-electron chi connectivity index (χ4n) is 4.56. The number of carbonyl (C=O) groups excluding carboxylic acids is 1. The highest BCUT2D eigenvalue weighted by molar-refractivity contribution is 5.95. The van der Waals surface area contributed by atoms with Crippen molar-refractivity contribution in [3.05, 3.63) is 72.4 Å². The van der Waals surface area contributed by atoms with Crippen LogP contribution in [-0.2, 0) is 0 Å². The molecule has 5 rings (SSSR count). The summed E-state index contributed by atoms with van der Waals surface area (Å²) in [5, 5.41) is 11.3. The quantitative estimate of drug-likeness (QED) is 0.686. The SMILES string of the molecule is Cl.O=C(NC1CC2CCC(C1)N2)c1cccc(-n2nccc2-c2ccccc2)c1. The number of rotatable bonds is 4. The topological polar surface area (TPSA) is 59.0 Å². The molecule has 0 spiro atoms. The van der Waals surface area contributed by atoms with Crippen LogP contribution < -0.4 is 10.6 Å². The molecular weight excluding hydrogens is 384 g/mol. The minimum absolute atomic E-state index is 0. The summed E-state index contributed by atoms with van der Waals surface area (Å²) in [6.07, 6.45) is 6.31. The van der Waals surface area contributed by atoms with Gasteiger partial charge in [0.25, 0.3) is 5.91 Å². The summed E-state index contributed by atoms with van der Waals surface area (Å²) < 4.78 is 1.89. The standard InChI is InChI=1S/C23H24N4O.ClH/c28-23(26-20-14-18-9-10-19(15-20)25-18)17-7-4-8-21(13-17)27-22(11-12-24-27)16-5-2-1-3-6-16;/h1-8,11-13,18-20,25H,9-10,14-15H2,(H,26,28);1H. The average molecular weight is 409 g/mol. The third-order valence-corrected chi connectivity index (χ3v) is 5.87. The second-order valence-corrected chi connectivity index (χ2v) is 7.82. The second kappa shape index (κ2) is 8.39. The van der Waals surface area contributed by atoms with Gasteiger partial charge in [0.05, 0.1) is 17.6 Å². The van der Waals surface area contributed by atoms with Crippen molar-refractivity contribution in [3.8, 4) is 16.9 Å². The molecule has 0 saturated carbocycles. The Morgan fingerprint density at radius 1 is 1.00 bits per heavy atom. The number of carbonyl (C=O) groups is 1. The van der Waals surface area contributed by atoms with E-state index in [-0.39, 0.29) is 24.4 Å². The lowest BCUT2D eigenvalue weighted by molar-refractivity contribution is 0.0924. The smallest absolute Gasteiger partial charge is 0.251 e. The van der Waals surface area contributed by atoms with E-state index in [0.29, 0.717) is 17.6 Å². The number of nitrogens with zero attached hydrogens (tertiary/aromatic N) is 2. The number of hydrogen-bond donors (Lipinski definition) is 2. The molecule has 2 fully saturated rings. The first-order chi connectivity index (χ1) is 13.8. The van der Waals surface area contributed by atoms with Gasteiger partial charge in [0.15, 0.2) is 0 Å². The van der Waals surface area contributed by atoms with Crippen molar-refractivity contribution in [2.45, 2.75) is 43.8 Å². The number of aromatic nitrogens is 2. The third kappa shape index (κ3) is 4.07. The molecule has 2 N–H and O–H groups in total. The number of hydrogen-bond acceptors (Lipinski definition) is 3. The minimum Gasteiger partial charge on any atom is -0.349 e. The molecule has 3 heterocycles. The molecule has 0 aliphatic carbocycles. The van der Waals surface area contributed by atoms with Crippen LogP contribution in [0.4, 0.5) is 0 Å². The monoisotopic (exact) mass is 408 g/mol. The summed E-state index contributed by atoms with van der Waals surface area (Å²) >= 11 is 0. The number of nitrogens with one attached hydrogen (secondary N) is 2. The Balaban J connectivity index is 0.00000205. The van der Waals surface area contributed by atoms with Gasteiger partial charge in [-0.1, -0.05) is 36.4 Å². The summed E-state index contributed by atoms with van der Waals surface area (Å²) in [4.78, 5) is 12.9. The number of benzene rings is 2. The van der Waals surface area contributed by atoms with Gasteiger partial charge in [0.2, 0.25) is 0 Å². The summed E-state index contributed by atoms with van der Waals surface area (Å²) in [5.41, 5.74) is 3.67. The predicted octanol–water partition coefficient (Wildman–Crippen LogP) is 3.97. The minimum atomic E-state index is 0. The third-order valence-electron chi connectivity index (χ3n) is 5.87. The normalized spacial score (nSPS) is 22.7. The number of halogens is 1. The largest absolute Gasteiger partial charge is 0.349 e. The molecule has 2 atom stereocenters. The van der Waals surface area contributed by atoms with Gasteiger partial charge in [0, 0.05) is 29.3 Å². The molecule has 2 unspecified atom stereocenters. The lowest BCUT2D eigenvalue weighted by Gasteiger charge is -2.29. The van der Waals surface area contributed by atoms with Gasteiger partial charge in [-0.2, -0.15) is 5.10 Å². The van der Waals surface area contributed by atoms with Crippen LogP contribution in [0.25, 0.3) is 16.9 Å². The van der Waals surface area contributed by atoms with Crippen molar-refractivity contribution in [1.82, 2.24) is 20.4 Å². The van der Waals surface area contributed by atoms with Gasteiger partial charge in [-0.3, -0.25) is 4.79 Å². The summed E-state index contributed by atoms with van der Waals surface area (Å²) in [6.45, 7) is 0. The molecule has 2 bridgehead atoms. The number of piperidine rings is 1. The lowest BCUT2D eigenvalue weighted by atomic mass is 9.99. The first kappa shape index (κ1) is 19.7. The maximum Gasteiger partial charge on any atom is 0.251 e. The van der Waals surface area contributed by atoms with Crippen molar-refractivity contribution in [3.63, 3.8) is 0 Å². The van der Waals surface area contributed by atoms with Gasteiger partial charge in [-0.15, -0.1) is 12.4 Å². The maximum absolute atomic E-state index is 12.9.